The number of aryl methyl sites for hydroxylation is 1. The molecule has 0 spiro atoms. The topological polar surface area (TPSA) is 29.1 Å². The Morgan fingerprint density at radius 3 is 2.78 bits per heavy atom. The standard InChI is InChI=1S/C13H11ClFNOS/c1-8-2-4-10(11(15)6-8)13(17)16-7-9-3-5-12(14)18-9/h2-6H,7H2,1H3,(H,16,17). The van der Waals surface area contributed by atoms with Gasteiger partial charge in [0.15, 0.2) is 0 Å². The Hall–Kier alpha value is -1.39. The molecule has 0 atom stereocenters. The van der Waals surface area contributed by atoms with Gasteiger partial charge in [-0.05, 0) is 36.8 Å². The van der Waals surface area contributed by atoms with Gasteiger partial charge in [0.1, 0.15) is 5.82 Å². The van der Waals surface area contributed by atoms with Crippen LogP contribution in [0.1, 0.15) is 20.8 Å². The summed E-state index contributed by atoms with van der Waals surface area (Å²) < 4.78 is 14.2. The molecule has 5 heteroatoms. The minimum absolute atomic E-state index is 0.0586. The molecule has 0 aliphatic heterocycles. The second-order valence-corrected chi connectivity index (χ2v) is 5.67. The van der Waals surface area contributed by atoms with Crippen molar-refractivity contribution in [2.75, 3.05) is 0 Å². The van der Waals surface area contributed by atoms with Crippen LogP contribution in [0.2, 0.25) is 4.34 Å². The van der Waals surface area contributed by atoms with Crippen LogP contribution in [0.4, 0.5) is 4.39 Å². The molecular formula is C13H11ClFNOS. The SMILES string of the molecule is Cc1ccc(C(=O)NCc2ccc(Cl)s2)c(F)c1. The second-order valence-electron chi connectivity index (χ2n) is 3.87. The Labute approximate surface area is 113 Å². The molecule has 0 bridgehead atoms. The Morgan fingerprint density at radius 1 is 1.39 bits per heavy atom. The molecule has 1 amide bonds. The van der Waals surface area contributed by atoms with Crippen molar-refractivity contribution in [3.63, 3.8) is 0 Å². The molecule has 0 unspecified atom stereocenters. The van der Waals surface area contributed by atoms with Crippen molar-refractivity contribution >= 4 is 28.8 Å². The van der Waals surface area contributed by atoms with E-state index in [4.69, 9.17) is 11.6 Å². The summed E-state index contributed by atoms with van der Waals surface area (Å²) >= 11 is 7.17. The maximum atomic E-state index is 13.6. The first kappa shape index (κ1) is 13.1. The Bertz CT molecular complexity index is 582. The average molecular weight is 284 g/mol. The highest BCUT2D eigenvalue weighted by atomic mass is 35.5. The maximum Gasteiger partial charge on any atom is 0.254 e. The molecule has 2 nitrogen and oxygen atoms in total. The van der Waals surface area contributed by atoms with E-state index >= 15 is 0 Å². The number of nitrogens with one attached hydrogen (secondary N) is 1. The van der Waals surface area contributed by atoms with Crippen LogP contribution in [-0.4, -0.2) is 5.91 Å². The van der Waals surface area contributed by atoms with Crippen molar-refractivity contribution in [3.05, 3.63) is 56.5 Å². The van der Waals surface area contributed by atoms with Crippen LogP contribution in [0.15, 0.2) is 30.3 Å². The zero-order valence-electron chi connectivity index (χ0n) is 9.67. The van der Waals surface area contributed by atoms with Gasteiger partial charge >= 0.3 is 0 Å². The van der Waals surface area contributed by atoms with Crippen LogP contribution in [-0.2, 0) is 6.54 Å². The summed E-state index contributed by atoms with van der Waals surface area (Å²) in [5, 5.41) is 2.66. The number of carbonyl (C=O) groups excluding carboxylic acids is 1. The lowest BCUT2D eigenvalue weighted by molar-refractivity contribution is 0.0947. The monoisotopic (exact) mass is 283 g/mol. The molecule has 0 fully saturated rings. The lowest BCUT2D eigenvalue weighted by Crippen LogP contribution is -2.23. The van der Waals surface area contributed by atoms with Crippen molar-refractivity contribution in [1.29, 1.82) is 0 Å². The number of hydrogen-bond acceptors (Lipinski definition) is 2. The van der Waals surface area contributed by atoms with Gasteiger partial charge in [0.25, 0.3) is 5.91 Å². The predicted molar refractivity (Wildman–Crippen MR) is 71.6 cm³/mol. The van der Waals surface area contributed by atoms with E-state index < -0.39 is 11.7 Å². The first-order valence-electron chi connectivity index (χ1n) is 5.35. The number of benzene rings is 1. The van der Waals surface area contributed by atoms with Gasteiger partial charge in [-0.25, -0.2) is 4.39 Å². The molecule has 1 aromatic heterocycles. The quantitative estimate of drug-likeness (QED) is 0.912. The minimum Gasteiger partial charge on any atom is -0.347 e. The Morgan fingerprint density at radius 2 is 2.17 bits per heavy atom. The van der Waals surface area contributed by atoms with Crippen LogP contribution in [0.3, 0.4) is 0 Å². The van der Waals surface area contributed by atoms with Gasteiger partial charge in [-0.3, -0.25) is 4.79 Å². The third kappa shape index (κ3) is 3.09. The smallest absolute Gasteiger partial charge is 0.254 e. The zero-order chi connectivity index (χ0) is 13.1. The molecule has 0 aliphatic rings. The molecule has 1 heterocycles. The van der Waals surface area contributed by atoms with Crippen molar-refractivity contribution in [2.24, 2.45) is 0 Å². The van der Waals surface area contributed by atoms with Crippen LogP contribution >= 0.6 is 22.9 Å². The van der Waals surface area contributed by atoms with E-state index in [0.29, 0.717) is 10.9 Å². The first-order chi connectivity index (χ1) is 8.56. The minimum atomic E-state index is -0.503. The number of thiophene rings is 1. The molecule has 1 aromatic carbocycles. The summed E-state index contributed by atoms with van der Waals surface area (Å²) in [6.07, 6.45) is 0. The molecule has 0 radical (unpaired) electrons. The van der Waals surface area contributed by atoms with E-state index in [-0.39, 0.29) is 5.56 Å². The molecular weight excluding hydrogens is 273 g/mol. The van der Waals surface area contributed by atoms with Crippen molar-refractivity contribution < 1.29 is 9.18 Å². The third-order valence-electron chi connectivity index (χ3n) is 2.42. The summed E-state index contributed by atoms with van der Waals surface area (Å²) in [6, 6.07) is 8.14. The van der Waals surface area contributed by atoms with Gasteiger partial charge in [-0.1, -0.05) is 17.7 Å². The maximum absolute atomic E-state index is 13.6. The molecule has 0 saturated carbocycles. The van der Waals surface area contributed by atoms with Crippen LogP contribution in [0.5, 0.6) is 0 Å². The largest absolute Gasteiger partial charge is 0.347 e. The van der Waals surface area contributed by atoms with Crippen LogP contribution in [0, 0.1) is 12.7 Å². The molecule has 18 heavy (non-hydrogen) atoms. The predicted octanol–water partition coefficient (Wildman–Crippen LogP) is 3.78. The lowest BCUT2D eigenvalue weighted by atomic mass is 10.1. The first-order valence-corrected chi connectivity index (χ1v) is 6.54. The van der Waals surface area contributed by atoms with E-state index in [9.17, 15) is 9.18 Å². The normalized spacial score (nSPS) is 10.4. The number of hydrogen-bond donors (Lipinski definition) is 1. The van der Waals surface area contributed by atoms with E-state index in [1.54, 1.807) is 19.1 Å². The van der Waals surface area contributed by atoms with Gasteiger partial charge in [0.05, 0.1) is 16.4 Å². The molecule has 1 N–H and O–H groups in total. The highest BCUT2D eigenvalue weighted by Gasteiger charge is 2.11. The Kier molecular flexibility index (Phi) is 3.99. The molecule has 2 aromatic rings. The average Bonchev–Trinajstić information content (AvgIpc) is 2.72. The van der Waals surface area contributed by atoms with E-state index in [2.05, 4.69) is 5.32 Å². The summed E-state index contributed by atoms with van der Waals surface area (Å²) in [5.41, 5.74) is 0.845. The van der Waals surface area contributed by atoms with Crippen LogP contribution in [0.25, 0.3) is 0 Å². The highest BCUT2D eigenvalue weighted by molar-refractivity contribution is 7.16. The zero-order valence-corrected chi connectivity index (χ0v) is 11.2. The molecule has 2 rings (SSSR count). The van der Waals surface area contributed by atoms with E-state index in [0.717, 1.165) is 10.4 Å². The number of amides is 1. The third-order valence-corrected chi connectivity index (χ3v) is 3.65. The fraction of sp³-hybridized carbons (Fsp3) is 0.154. The van der Waals surface area contributed by atoms with Crippen molar-refractivity contribution in [3.8, 4) is 0 Å². The summed E-state index contributed by atoms with van der Waals surface area (Å²) in [5.74, 6) is -0.922. The number of halogens is 2. The fourth-order valence-corrected chi connectivity index (χ4v) is 2.54. The highest BCUT2D eigenvalue weighted by Crippen LogP contribution is 2.21. The van der Waals surface area contributed by atoms with Gasteiger partial charge in [0, 0.05) is 4.88 Å². The van der Waals surface area contributed by atoms with E-state index in [1.165, 1.54) is 23.5 Å². The Balaban J connectivity index is 2.03. The summed E-state index contributed by atoms with van der Waals surface area (Å²) in [7, 11) is 0. The van der Waals surface area contributed by atoms with Crippen LogP contribution < -0.4 is 5.32 Å². The molecule has 94 valence electrons. The lowest BCUT2D eigenvalue weighted by Gasteiger charge is -2.05. The van der Waals surface area contributed by atoms with E-state index in [1.807, 2.05) is 6.07 Å². The fourth-order valence-electron chi connectivity index (χ4n) is 1.51. The van der Waals surface area contributed by atoms with Gasteiger partial charge in [0.2, 0.25) is 0 Å². The van der Waals surface area contributed by atoms with Gasteiger partial charge in [-0.15, -0.1) is 11.3 Å². The van der Waals surface area contributed by atoms with Gasteiger partial charge < -0.3 is 5.32 Å². The molecule has 0 saturated heterocycles. The number of carbonyl (C=O) groups is 1. The van der Waals surface area contributed by atoms with Crippen molar-refractivity contribution in [1.82, 2.24) is 5.32 Å². The summed E-state index contributed by atoms with van der Waals surface area (Å²) in [4.78, 5) is 12.7. The summed E-state index contributed by atoms with van der Waals surface area (Å²) in [6.45, 7) is 2.13. The molecule has 0 aliphatic carbocycles. The van der Waals surface area contributed by atoms with Gasteiger partial charge in [-0.2, -0.15) is 0 Å². The van der Waals surface area contributed by atoms with Crippen molar-refractivity contribution in [2.45, 2.75) is 13.5 Å². The second kappa shape index (κ2) is 5.50. The number of rotatable bonds is 3.